The summed E-state index contributed by atoms with van der Waals surface area (Å²) in [5.41, 5.74) is 0. The minimum atomic E-state index is -3.34. The molecule has 1 N–H and O–H groups in total. The number of hydrogen-bond donors (Lipinski definition) is 1. The van der Waals surface area contributed by atoms with Crippen molar-refractivity contribution in [1.29, 1.82) is 0 Å². The number of benzene rings is 1. The van der Waals surface area contributed by atoms with Crippen molar-refractivity contribution in [1.82, 2.24) is 5.32 Å². The van der Waals surface area contributed by atoms with Gasteiger partial charge in [-0.25, -0.2) is 8.42 Å². The standard InChI is InChI=1S/C17H19NO3S2/c1-12-7-8-16(22-12)14-11-15(14)17(19)18-9-10-23(20,21)13-5-3-2-4-6-13/h2-8,14-15H,9-11H2,1H3,(H,18,19)/t14-,15-/m1/s1. The third-order valence-corrected chi connectivity index (χ3v) is 6.89. The molecule has 0 radical (unpaired) electrons. The summed E-state index contributed by atoms with van der Waals surface area (Å²) in [6.07, 6.45) is 0.858. The molecule has 4 nitrogen and oxygen atoms in total. The van der Waals surface area contributed by atoms with Gasteiger partial charge in [-0.15, -0.1) is 11.3 Å². The number of carbonyl (C=O) groups is 1. The lowest BCUT2D eigenvalue weighted by atomic mass is 10.2. The number of thiophene rings is 1. The van der Waals surface area contributed by atoms with Gasteiger partial charge in [0.1, 0.15) is 0 Å². The number of hydrogen-bond acceptors (Lipinski definition) is 4. The second kappa shape index (κ2) is 6.45. The Morgan fingerprint density at radius 3 is 2.61 bits per heavy atom. The van der Waals surface area contributed by atoms with Gasteiger partial charge >= 0.3 is 0 Å². The molecule has 0 saturated heterocycles. The zero-order chi connectivity index (χ0) is 16.4. The maximum atomic E-state index is 12.1. The van der Waals surface area contributed by atoms with Crippen molar-refractivity contribution >= 4 is 27.1 Å². The van der Waals surface area contributed by atoms with Crippen molar-refractivity contribution in [3.05, 3.63) is 52.2 Å². The number of amides is 1. The summed E-state index contributed by atoms with van der Waals surface area (Å²) in [6, 6.07) is 12.5. The van der Waals surface area contributed by atoms with E-state index in [2.05, 4.69) is 24.4 Å². The van der Waals surface area contributed by atoms with Gasteiger partial charge in [-0.1, -0.05) is 18.2 Å². The molecule has 122 valence electrons. The van der Waals surface area contributed by atoms with Gasteiger partial charge in [0.05, 0.1) is 10.6 Å². The monoisotopic (exact) mass is 349 g/mol. The summed E-state index contributed by atoms with van der Waals surface area (Å²) in [5.74, 6) is 0.189. The van der Waals surface area contributed by atoms with Crippen molar-refractivity contribution in [2.75, 3.05) is 12.3 Å². The van der Waals surface area contributed by atoms with Crippen LogP contribution in [0.3, 0.4) is 0 Å². The first-order valence-corrected chi connectivity index (χ1v) is 10.1. The molecule has 2 atom stereocenters. The zero-order valence-electron chi connectivity index (χ0n) is 12.9. The Hall–Kier alpha value is -1.66. The molecule has 3 rings (SSSR count). The molecule has 2 aromatic rings. The summed E-state index contributed by atoms with van der Waals surface area (Å²) in [7, 11) is -3.34. The number of sulfone groups is 1. The summed E-state index contributed by atoms with van der Waals surface area (Å²) in [6.45, 7) is 2.21. The largest absolute Gasteiger partial charge is 0.355 e. The normalized spacial score (nSPS) is 20.2. The van der Waals surface area contributed by atoms with E-state index in [1.54, 1.807) is 41.7 Å². The van der Waals surface area contributed by atoms with Crippen LogP contribution in [0.5, 0.6) is 0 Å². The third-order valence-electron chi connectivity index (χ3n) is 4.03. The van der Waals surface area contributed by atoms with E-state index in [0.29, 0.717) is 10.8 Å². The van der Waals surface area contributed by atoms with Crippen LogP contribution in [0.25, 0.3) is 0 Å². The predicted octanol–water partition coefficient (Wildman–Crippen LogP) is 2.75. The lowest BCUT2D eigenvalue weighted by Crippen LogP contribution is -2.30. The van der Waals surface area contributed by atoms with E-state index in [0.717, 1.165) is 6.42 Å². The Balaban J connectivity index is 1.49. The lowest BCUT2D eigenvalue weighted by Gasteiger charge is -2.06. The van der Waals surface area contributed by atoms with Crippen LogP contribution in [0, 0.1) is 12.8 Å². The van der Waals surface area contributed by atoms with E-state index < -0.39 is 9.84 Å². The van der Waals surface area contributed by atoms with E-state index in [1.165, 1.54) is 9.75 Å². The highest BCUT2D eigenvalue weighted by Crippen LogP contribution is 2.49. The lowest BCUT2D eigenvalue weighted by molar-refractivity contribution is -0.122. The molecule has 1 aliphatic carbocycles. The molecule has 1 aromatic carbocycles. The Kier molecular flexibility index (Phi) is 4.55. The maximum Gasteiger partial charge on any atom is 0.223 e. The van der Waals surface area contributed by atoms with Gasteiger partial charge in [0.2, 0.25) is 5.91 Å². The fraction of sp³-hybridized carbons (Fsp3) is 0.353. The molecule has 0 unspecified atom stereocenters. The average Bonchev–Trinajstić information content (AvgIpc) is 3.23. The fourth-order valence-corrected chi connectivity index (χ4v) is 4.87. The second-order valence-corrected chi connectivity index (χ2v) is 9.25. The molecular formula is C17H19NO3S2. The van der Waals surface area contributed by atoms with Crippen LogP contribution in [-0.4, -0.2) is 26.6 Å². The van der Waals surface area contributed by atoms with Crippen LogP contribution in [0.15, 0.2) is 47.4 Å². The van der Waals surface area contributed by atoms with E-state index in [-0.39, 0.29) is 24.1 Å². The van der Waals surface area contributed by atoms with Crippen molar-refractivity contribution in [2.45, 2.75) is 24.2 Å². The van der Waals surface area contributed by atoms with Gasteiger partial charge in [0.25, 0.3) is 0 Å². The van der Waals surface area contributed by atoms with Gasteiger partial charge in [-0.05, 0) is 37.6 Å². The molecule has 0 bridgehead atoms. The first kappa shape index (κ1) is 16.2. The van der Waals surface area contributed by atoms with Gasteiger partial charge < -0.3 is 5.32 Å². The predicted molar refractivity (Wildman–Crippen MR) is 91.4 cm³/mol. The fourth-order valence-electron chi connectivity index (χ4n) is 2.64. The molecule has 0 aliphatic heterocycles. The molecule has 6 heteroatoms. The number of rotatable bonds is 6. The molecular weight excluding hydrogens is 330 g/mol. The quantitative estimate of drug-likeness (QED) is 0.872. The first-order valence-electron chi connectivity index (χ1n) is 7.59. The highest BCUT2D eigenvalue weighted by molar-refractivity contribution is 7.91. The third kappa shape index (κ3) is 3.82. The average molecular weight is 349 g/mol. The van der Waals surface area contributed by atoms with E-state index >= 15 is 0 Å². The Morgan fingerprint density at radius 2 is 1.96 bits per heavy atom. The van der Waals surface area contributed by atoms with Gasteiger partial charge in [0, 0.05) is 28.1 Å². The van der Waals surface area contributed by atoms with Crippen LogP contribution in [0.4, 0.5) is 0 Å². The van der Waals surface area contributed by atoms with Gasteiger partial charge in [-0.3, -0.25) is 4.79 Å². The summed E-state index contributed by atoms with van der Waals surface area (Å²) < 4.78 is 24.3. The SMILES string of the molecule is Cc1ccc([C@@H]2C[C@H]2C(=O)NCCS(=O)(=O)c2ccccc2)s1. The van der Waals surface area contributed by atoms with Crippen LogP contribution < -0.4 is 5.32 Å². The minimum absolute atomic E-state index is 0.00696. The molecule has 23 heavy (non-hydrogen) atoms. The molecule has 1 amide bonds. The van der Waals surface area contributed by atoms with Crippen molar-refractivity contribution in [2.24, 2.45) is 5.92 Å². The van der Waals surface area contributed by atoms with E-state index in [4.69, 9.17) is 0 Å². The van der Waals surface area contributed by atoms with Gasteiger partial charge in [-0.2, -0.15) is 0 Å². The Labute approximate surface area is 140 Å². The van der Waals surface area contributed by atoms with Crippen LogP contribution in [-0.2, 0) is 14.6 Å². The number of nitrogens with one attached hydrogen (secondary N) is 1. The second-order valence-electron chi connectivity index (χ2n) is 5.82. The van der Waals surface area contributed by atoms with E-state index in [1.807, 2.05) is 0 Å². The zero-order valence-corrected chi connectivity index (χ0v) is 14.5. The Morgan fingerprint density at radius 1 is 1.22 bits per heavy atom. The summed E-state index contributed by atoms with van der Waals surface area (Å²) >= 11 is 1.73. The molecule has 1 heterocycles. The molecule has 1 aliphatic rings. The first-order chi connectivity index (χ1) is 11.0. The Bertz CT molecular complexity index is 796. The van der Waals surface area contributed by atoms with Crippen LogP contribution in [0.2, 0.25) is 0 Å². The van der Waals surface area contributed by atoms with Crippen LogP contribution >= 0.6 is 11.3 Å². The topological polar surface area (TPSA) is 63.2 Å². The molecule has 1 fully saturated rings. The van der Waals surface area contributed by atoms with Crippen molar-refractivity contribution < 1.29 is 13.2 Å². The van der Waals surface area contributed by atoms with Gasteiger partial charge in [0.15, 0.2) is 9.84 Å². The highest BCUT2D eigenvalue weighted by atomic mass is 32.2. The summed E-state index contributed by atoms with van der Waals surface area (Å²) in [5, 5.41) is 2.76. The number of aryl methyl sites for hydroxylation is 1. The summed E-state index contributed by atoms with van der Waals surface area (Å²) in [4.78, 5) is 14.9. The minimum Gasteiger partial charge on any atom is -0.355 e. The molecule has 1 saturated carbocycles. The van der Waals surface area contributed by atoms with Crippen LogP contribution in [0.1, 0.15) is 22.1 Å². The maximum absolute atomic E-state index is 12.1. The molecule has 1 aromatic heterocycles. The number of carbonyl (C=O) groups excluding carboxylic acids is 1. The van der Waals surface area contributed by atoms with Crippen molar-refractivity contribution in [3.63, 3.8) is 0 Å². The van der Waals surface area contributed by atoms with Crippen molar-refractivity contribution in [3.8, 4) is 0 Å². The highest BCUT2D eigenvalue weighted by Gasteiger charge is 2.44. The smallest absolute Gasteiger partial charge is 0.223 e. The molecule has 0 spiro atoms. The van der Waals surface area contributed by atoms with E-state index in [9.17, 15) is 13.2 Å².